The van der Waals surface area contributed by atoms with E-state index in [1.165, 1.54) is 5.56 Å². The van der Waals surface area contributed by atoms with Crippen LogP contribution in [0.5, 0.6) is 5.75 Å². The van der Waals surface area contributed by atoms with Crippen molar-refractivity contribution in [1.29, 1.82) is 0 Å². The van der Waals surface area contributed by atoms with Gasteiger partial charge in [0.2, 0.25) is 5.91 Å². The first kappa shape index (κ1) is 20.8. The van der Waals surface area contributed by atoms with E-state index in [1.807, 2.05) is 36.4 Å². The number of hydrogen-bond acceptors (Lipinski definition) is 2. The third-order valence-electron chi connectivity index (χ3n) is 6.14. The summed E-state index contributed by atoms with van der Waals surface area (Å²) in [6.45, 7) is 3.38. The van der Waals surface area contributed by atoms with Crippen LogP contribution < -0.4 is 10.5 Å². The molecule has 4 nitrogen and oxygen atoms in total. The Morgan fingerprint density at radius 1 is 0.818 bits per heavy atom. The van der Waals surface area contributed by atoms with Crippen molar-refractivity contribution in [3.63, 3.8) is 0 Å². The van der Waals surface area contributed by atoms with Gasteiger partial charge in [0.05, 0.1) is 5.52 Å². The maximum Gasteiger partial charge on any atom is 0.249 e. The molecule has 0 unspecified atom stereocenters. The van der Waals surface area contributed by atoms with E-state index in [0.717, 1.165) is 45.1 Å². The zero-order chi connectivity index (χ0) is 22.8. The Morgan fingerprint density at radius 2 is 1.58 bits per heavy atom. The summed E-state index contributed by atoms with van der Waals surface area (Å²) in [6, 6.07) is 30.6. The highest BCUT2D eigenvalue weighted by Crippen LogP contribution is 2.33. The van der Waals surface area contributed by atoms with Crippen LogP contribution in [0.1, 0.15) is 34.0 Å². The molecule has 164 valence electrons. The minimum absolute atomic E-state index is 0.404. The lowest BCUT2D eigenvalue weighted by atomic mass is 10.0. The summed E-state index contributed by atoms with van der Waals surface area (Å²) in [5.41, 5.74) is 12.0. The number of rotatable bonds is 7. The number of ether oxygens (including phenoxy) is 1. The van der Waals surface area contributed by atoms with Crippen LogP contribution in [0.15, 0.2) is 91.0 Å². The number of benzene rings is 4. The van der Waals surface area contributed by atoms with Crippen LogP contribution in [0, 0.1) is 0 Å². The van der Waals surface area contributed by atoms with Gasteiger partial charge in [-0.1, -0.05) is 67.6 Å². The lowest BCUT2D eigenvalue weighted by Gasteiger charge is -2.11. The average molecular weight is 435 g/mol. The smallest absolute Gasteiger partial charge is 0.249 e. The van der Waals surface area contributed by atoms with Gasteiger partial charge in [0, 0.05) is 28.4 Å². The molecule has 0 aliphatic rings. The van der Waals surface area contributed by atoms with Gasteiger partial charge in [-0.25, -0.2) is 0 Å². The number of carbonyl (C=O) groups excluding carboxylic acids is 1. The number of hydrogen-bond donors (Lipinski definition) is 1. The second-order valence-electron chi connectivity index (χ2n) is 8.27. The first-order valence-electron chi connectivity index (χ1n) is 11.2. The first-order chi connectivity index (χ1) is 16.1. The number of nitrogens with zero attached hydrogens (tertiary/aromatic N) is 1. The van der Waals surface area contributed by atoms with E-state index in [4.69, 9.17) is 10.5 Å². The second kappa shape index (κ2) is 8.83. The number of aryl methyl sites for hydroxylation is 1. The van der Waals surface area contributed by atoms with Gasteiger partial charge in [-0.2, -0.15) is 0 Å². The molecule has 4 aromatic carbocycles. The van der Waals surface area contributed by atoms with Gasteiger partial charge in [0.1, 0.15) is 12.4 Å². The van der Waals surface area contributed by atoms with E-state index in [2.05, 4.69) is 60.0 Å². The molecule has 0 bridgehead atoms. The van der Waals surface area contributed by atoms with E-state index in [1.54, 1.807) is 6.07 Å². The van der Waals surface area contributed by atoms with E-state index in [0.29, 0.717) is 18.7 Å². The molecule has 1 heterocycles. The van der Waals surface area contributed by atoms with E-state index in [9.17, 15) is 4.79 Å². The van der Waals surface area contributed by atoms with Gasteiger partial charge < -0.3 is 15.0 Å². The average Bonchev–Trinajstić information content (AvgIpc) is 3.17. The summed E-state index contributed by atoms with van der Waals surface area (Å²) in [5.74, 6) is 0.438. The summed E-state index contributed by atoms with van der Waals surface area (Å²) < 4.78 is 8.21. The molecule has 0 spiro atoms. The van der Waals surface area contributed by atoms with E-state index in [-0.39, 0.29) is 0 Å². The van der Waals surface area contributed by atoms with Gasteiger partial charge in [-0.3, -0.25) is 4.79 Å². The van der Waals surface area contributed by atoms with Gasteiger partial charge in [0.25, 0.3) is 0 Å². The van der Waals surface area contributed by atoms with E-state index < -0.39 is 5.91 Å². The zero-order valence-corrected chi connectivity index (χ0v) is 18.6. The fourth-order valence-electron chi connectivity index (χ4n) is 4.40. The molecule has 33 heavy (non-hydrogen) atoms. The Hall–Kier alpha value is -4.05. The second-order valence-corrected chi connectivity index (χ2v) is 8.27. The number of carbonyl (C=O) groups is 1. The molecule has 5 aromatic rings. The summed E-state index contributed by atoms with van der Waals surface area (Å²) >= 11 is 0. The third kappa shape index (κ3) is 4.08. The van der Waals surface area contributed by atoms with Crippen LogP contribution in [-0.4, -0.2) is 10.5 Å². The summed E-state index contributed by atoms with van der Waals surface area (Å²) in [5, 5.41) is 1.98. The van der Waals surface area contributed by atoms with Crippen LogP contribution in [0.25, 0.3) is 21.8 Å². The number of aromatic nitrogens is 1. The number of fused-ring (bicyclic) bond motifs is 3. The standard InChI is InChI=1S/C29H26N2O2/c1-2-20-13-16-24-27(17-20)31(26-10-6-9-25(28(24)26)29(30)32)18-21-11-14-23(15-12-21)33-19-22-7-4-3-5-8-22/h3-17H,2,18-19H2,1H3,(H2,30,32). The lowest BCUT2D eigenvalue weighted by Crippen LogP contribution is -2.11. The van der Waals surface area contributed by atoms with Crippen molar-refractivity contribution < 1.29 is 9.53 Å². The largest absolute Gasteiger partial charge is 0.489 e. The van der Waals surface area contributed by atoms with Crippen molar-refractivity contribution in [3.05, 3.63) is 113 Å². The molecule has 0 radical (unpaired) electrons. The third-order valence-corrected chi connectivity index (χ3v) is 6.14. The monoisotopic (exact) mass is 434 g/mol. The molecule has 4 heteroatoms. The fourth-order valence-corrected chi connectivity index (χ4v) is 4.40. The molecular formula is C29H26N2O2. The molecule has 0 aliphatic heterocycles. The van der Waals surface area contributed by atoms with Crippen LogP contribution in [-0.2, 0) is 19.6 Å². The number of primary amides is 1. The minimum atomic E-state index is -0.404. The minimum Gasteiger partial charge on any atom is -0.489 e. The van der Waals surface area contributed by atoms with Gasteiger partial charge >= 0.3 is 0 Å². The number of amides is 1. The van der Waals surface area contributed by atoms with Crippen LogP contribution >= 0.6 is 0 Å². The van der Waals surface area contributed by atoms with Gasteiger partial charge in [0.15, 0.2) is 0 Å². The SMILES string of the molecule is CCc1ccc2c3c(C(N)=O)cccc3n(Cc3ccc(OCc4ccccc4)cc3)c2c1. The van der Waals surface area contributed by atoms with Crippen LogP contribution in [0.2, 0.25) is 0 Å². The normalized spacial score (nSPS) is 11.2. The molecule has 0 fully saturated rings. The molecule has 0 saturated heterocycles. The van der Waals surface area contributed by atoms with Gasteiger partial charge in [-0.15, -0.1) is 0 Å². The summed E-state index contributed by atoms with van der Waals surface area (Å²) in [6.07, 6.45) is 0.952. The van der Waals surface area contributed by atoms with Crippen molar-refractivity contribution in [2.75, 3.05) is 0 Å². The molecule has 5 rings (SSSR count). The van der Waals surface area contributed by atoms with Crippen molar-refractivity contribution in [2.24, 2.45) is 5.73 Å². The Bertz CT molecular complexity index is 1430. The van der Waals surface area contributed by atoms with Crippen LogP contribution in [0.4, 0.5) is 0 Å². The Balaban J connectivity index is 1.50. The zero-order valence-electron chi connectivity index (χ0n) is 18.6. The van der Waals surface area contributed by atoms with Crippen molar-refractivity contribution in [3.8, 4) is 5.75 Å². The predicted molar refractivity (Wildman–Crippen MR) is 134 cm³/mol. The highest BCUT2D eigenvalue weighted by molar-refractivity contribution is 6.18. The van der Waals surface area contributed by atoms with Crippen molar-refractivity contribution >= 4 is 27.7 Å². The maximum atomic E-state index is 12.1. The topological polar surface area (TPSA) is 57.2 Å². The molecule has 1 aromatic heterocycles. The molecule has 0 atom stereocenters. The highest BCUT2D eigenvalue weighted by atomic mass is 16.5. The fraction of sp³-hybridized carbons (Fsp3) is 0.138. The summed E-state index contributed by atoms with van der Waals surface area (Å²) in [4.78, 5) is 12.1. The molecule has 1 amide bonds. The van der Waals surface area contributed by atoms with Gasteiger partial charge in [-0.05, 0) is 53.4 Å². The highest BCUT2D eigenvalue weighted by Gasteiger charge is 2.17. The molecular weight excluding hydrogens is 408 g/mol. The van der Waals surface area contributed by atoms with E-state index >= 15 is 0 Å². The quantitative estimate of drug-likeness (QED) is 0.337. The lowest BCUT2D eigenvalue weighted by molar-refractivity contribution is 0.100. The number of nitrogens with two attached hydrogens (primary N) is 1. The van der Waals surface area contributed by atoms with Crippen molar-refractivity contribution in [1.82, 2.24) is 4.57 Å². The van der Waals surface area contributed by atoms with Crippen LogP contribution in [0.3, 0.4) is 0 Å². The van der Waals surface area contributed by atoms with Crippen molar-refractivity contribution in [2.45, 2.75) is 26.5 Å². The molecule has 0 aliphatic carbocycles. The molecule has 0 saturated carbocycles. The summed E-state index contributed by atoms with van der Waals surface area (Å²) in [7, 11) is 0. The Morgan fingerprint density at radius 3 is 2.30 bits per heavy atom. The predicted octanol–water partition coefficient (Wildman–Crippen LogP) is 6.08. The maximum absolute atomic E-state index is 12.1. The first-order valence-corrected chi connectivity index (χ1v) is 11.2. The Labute approximate surface area is 193 Å². The molecule has 2 N–H and O–H groups in total. The Kier molecular flexibility index (Phi) is 5.57.